The van der Waals surface area contributed by atoms with Gasteiger partial charge in [0, 0.05) is 31.1 Å². The molecule has 0 amide bonds. The summed E-state index contributed by atoms with van der Waals surface area (Å²) in [4.78, 5) is 38.6. The SMILES string of the molecule is C.CCCCCCCCCCCCCC(=O)OCC(CCS(=O)(=O)OC1CC[C@@]2(C)C(=CC[C@@H]3C2CC[C@]2(C)C(=O)CC[C@@H]32)C1)OC(=O)CCCCCCCCCCCCC. The molecule has 0 saturated heterocycles. The molecule has 0 aromatic heterocycles. The van der Waals surface area contributed by atoms with Gasteiger partial charge in [-0.15, -0.1) is 0 Å². The van der Waals surface area contributed by atoms with E-state index in [9.17, 15) is 22.8 Å². The van der Waals surface area contributed by atoms with Gasteiger partial charge in [0.15, 0.2) is 0 Å². The summed E-state index contributed by atoms with van der Waals surface area (Å²) in [6.07, 6.45) is 34.8. The maximum absolute atomic E-state index is 13.5. The molecule has 0 aromatic rings. The Morgan fingerprint density at radius 1 is 0.689 bits per heavy atom. The Bertz CT molecular complexity index is 1420. The number of esters is 2. The second-order valence-corrected chi connectivity index (χ2v) is 21.8. The summed E-state index contributed by atoms with van der Waals surface area (Å²) in [6, 6.07) is 0. The van der Waals surface area contributed by atoms with Crippen LogP contribution in [0.15, 0.2) is 11.6 Å². The molecule has 61 heavy (non-hydrogen) atoms. The lowest BCUT2D eigenvalue weighted by atomic mass is 9.48. The van der Waals surface area contributed by atoms with E-state index in [1.807, 2.05) is 0 Å². The largest absolute Gasteiger partial charge is 0.462 e. The van der Waals surface area contributed by atoms with E-state index >= 15 is 0 Å². The number of rotatable bonds is 32. The van der Waals surface area contributed by atoms with Crippen molar-refractivity contribution in [2.24, 2.45) is 28.6 Å². The predicted octanol–water partition coefficient (Wildman–Crippen LogP) is 14.1. The highest BCUT2D eigenvalue weighted by molar-refractivity contribution is 7.86. The van der Waals surface area contributed by atoms with Gasteiger partial charge >= 0.3 is 11.9 Å². The highest BCUT2D eigenvalue weighted by Crippen LogP contribution is 2.64. The molecule has 8 nitrogen and oxygen atoms in total. The standard InChI is InChI=1S/C51H88O8S.CH4/c1-5-7-9-11-13-15-17-19-21-23-25-27-48(53)57-40-43(58-49(54)28-26-24-22-20-18-16-14-12-10-8-6-2)35-38-60(55,56)59-42-33-36-50(3)41(39-42)29-30-44-45-31-32-47(52)51(45,4)37-34-46(44)50;/h29,42-46H,5-28,30-40H2,1-4H3;1H4/t42?,43?,44-,45-,46?,50-,51-;/m0./s1. The van der Waals surface area contributed by atoms with Crippen LogP contribution in [0, 0.1) is 28.6 Å². The smallest absolute Gasteiger partial charge is 0.306 e. The average Bonchev–Trinajstić information content (AvgIpc) is 3.53. The molecule has 0 N–H and O–H groups in total. The van der Waals surface area contributed by atoms with E-state index in [0.717, 1.165) is 70.6 Å². The first-order chi connectivity index (χ1) is 28.9. The van der Waals surface area contributed by atoms with Crippen LogP contribution in [0.2, 0.25) is 0 Å². The van der Waals surface area contributed by atoms with E-state index in [1.165, 1.54) is 108 Å². The molecule has 354 valence electrons. The van der Waals surface area contributed by atoms with Crippen molar-refractivity contribution in [3.05, 3.63) is 11.6 Å². The minimum Gasteiger partial charge on any atom is -0.462 e. The van der Waals surface area contributed by atoms with E-state index < -0.39 is 22.3 Å². The molecule has 3 saturated carbocycles. The van der Waals surface area contributed by atoms with Crippen molar-refractivity contribution in [2.45, 2.75) is 259 Å². The fourth-order valence-corrected chi connectivity index (χ4v) is 12.8. The highest BCUT2D eigenvalue weighted by atomic mass is 32.2. The lowest BCUT2D eigenvalue weighted by Gasteiger charge is -2.56. The number of unbranched alkanes of at least 4 members (excludes halogenated alkanes) is 20. The first-order valence-electron chi connectivity index (χ1n) is 25.4. The van der Waals surface area contributed by atoms with Crippen LogP contribution in [-0.4, -0.2) is 50.7 Å². The van der Waals surface area contributed by atoms with Gasteiger partial charge in [0.1, 0.15) is 18.5 Å². The molecule has 3 unspecified atom stereocenters. The minimum absolute atomic E-state index is 0. The second kappa shape index (κ2) is 28.2. The molecule has 4 aliphatic carbocycles. The van der Waals surface area contributed by atoms with Crippen molar-refractivity contribution >= 4 is 27.8 Å². The van der Waals surface area contributed by atoms with E-state index in [2.05, 4.69) is 33.8 Å². The van der Waals surface area contributed by atoms with Crippen molar-refractivity contribution in [1.29, 1.82) is 0 Å². The fraction of sp³-hybridized carbons (Fsp3) is 0.904. The summed E-state index contributed by atoms with van der Waals surface area (Å²) in [6.45, 7) is 8.92. The summed E-state index contributed by atoms with van der Waals surface area (Å²) in [5, 5.41) is 0. The summed E-state index contributed by atoms with van der Waals surface area (Å²) in [5.41, 5.74) is 1.17. The predicted molar refractivity (Wildman–Crippen MR) is 250 cm³/mol. The molecular weight excluding hydrogens is 785 g/mol. The average molecular weight is 877 g/mol. The summed E-state index contributed by atoms with van der Waals surface area (Å²) < 4.78 is 44.2. The van der Waals surface area contributed by atoms with Crippen LogP contribution in [-0.2, 0) is 38.2 Å². The third-order valence-electron chi connectivity index (χ3n) is 15.4. The molecule has 7 atom stereocenters. The highest BCUT2D eigenvalue weighted by Gasteiger charge is 2.58. The van der Waals surface area contributed by atoms with E-state index in [1.54, 1.807) is 0 Å². The Morgan fingerprint density at radius 3 is 1.74 bits per heavy atom. The van der Waals surface area contributed by atoms with Crippen molar-refractivity contribution < 1.29 is 36.5 Å². The molecule has 0 radical (unpaired) electrons. The quantitative estimate of drug-likeness (QED) is 0.0284. The summed E-state index contributed by atoms with van der Waals surface area (Å²) in [7, 11) is -3.93. The lowest BCUT2D eigenvalue weighted by Crippen LogP contribution is -2.50. The fourth-order valence-electron chi connectivity index (χ4n) is 11.6. The Kier molecular flexibility index (Phi) is 24.8. The topological polar surface area (TPSA) is 113 Å². The molecular formula is C52H92O8S. The van der Waals surface area contributed by atoms with E-state index in [4.69, 9.17) is 13.7 Å². The van der Waals surface area contributed by atoms with Gasteiger partial charge in [0.2, 0.25) is 0 Å². The van der Waals surface area contributed by atoms with Crippen molar-refractivity contribution in [2.75, 3.05) is 12.4 Å². The van der Waals surface area contributed by atoms with Gasteiger partial charge in [-0.1, -0.05) is 175 Å². The van der Waals surface area contributed by atoms with Gasteiger partial charge in [-0.05, 0) is 81.0 Å². The van der Waals surface area contributed by atoms with Crippen LogP contribution in [0.3, 0.4) is 0 Å². The first kappa shape index (κ1) is 53.6. The van der Waals surface area contributed by atoms with Gasteiger partial charge in [-0.2, -0.15) is 8.42 Å². The van der Waals surface area contributed by atoms with Crippen molar-refractivity contribution in [1.82, 2.24) is 0 Å². The third-order valence-corrected chi connectivity index (χ3v) is 16.7. The van der Waals surface area contributed by atoms with Gasteiger partial charge in [-0.25, -0.2) is 0 Å². The van der Waals surface area contributed by atoms with Crippen molar-refractivity contribution in [3.8, 4) is 0 Å². The minimum atomic E-state index is -3.93. The van der Waals surface area contributed by atoms with E-state index in [0.29, 0.717) is 49.2 Å². The number of ketones is 1. The van der Waals surface area contributed by atoms with Gasteiger partial charge < -0.3 is 9.47 Å². The van der Waals surface area contributed by atoms with Crippen LogP contribution < -0.4 is 0 Å². The molecule has 0 aromatic carbocycles. The van der Waals surface area contributed by atoms with Crippen LogP contribution in [0.1, 0.15) is 247 Å². The normalized spacial score (nSPS) is 26.4. The Balaban J connectivity index is 0.00000992. The molecule has 0 aliphatic heterocycles. The molecule has 0 heterocycles. The third kappa shape index (κ3) is 17.6. The number of fused-ring (bicyclic) bond motifs is 5. The molecule has 9 heteroatoms. The Hall–Kier alpha value is -1.74. The van der Waals surface area contributed by atoms with E-state index in [-0.39, 0.29) is 55.4 Å². The monoisotopic (exact) mass is 877 g/mol. The summed E-state index contributed by atoms with van der Waals surface area (Å²) >= 11 is 0. The first-order valence-corrected chi connectivity index (χ1v) is 27.0. The molecule has 3 fully saturated rings. The van der Waals surface area contributed by atoms with Crippen LogP contribution in [0.5, 0.6) is 0 Å². The number of carbonyl (C=O) groups excluding carboxylic acids is 3. The Morgan fingerprint density at radius 2 is 1.18 bits per heavy atom. The molecule has 4 aliphatic rings. The second-order valence-electron chi connectivity index (χ2n) is 20.1. The molecule has 0 bridgehead atoms. The zero-order valence-electron chi connectivity index (χ0n) is 38.9. The Labute approximate surface area is 374 Å². The number of carbonyl (C=O) groups is 3. The number of allylic oxidation sites excluding steroid dienone is 1. The number of hydrogen-bond acceptors (Lipinski definition) is 8. The number of hydrogen-bond donors (Lipinski definition) is 0. The number of ether oxygens (including phenoxy) is 2. The van der Waals surface area contributed by atoms with Crippen LogP contribution in [0.25, 0.3) is 0 Å². The maximum Gasteiger partial charge on any atom is 0.306 e. The number of Topliss-reactive ketones (excluding diaryl/α,β-unsaturated/α-hetero) is 1. The van der Waals surface area contributed by atoms with Crippen molar-refractivity contribution in [3.63, 3.8) is 0 Å². The molecule has 4 rings (SSSR count). The maximum atomic E-state index is 13.5. The van der Waals surface area contributed by atoms with Gasteiger partial charge in [0.25, 0.3) is 10.1 Å². The van der Waals surface area contributed by atoms with Gasteiger partial charge in [-0.3, -0.25) is 18.6 Å². The van der Waals surface area contributed by atoms with Crippen LogP contribution >= 0.6 is 0 Å². The molecule has 0 spiro atoms. The summed E-state index contributed by atoms with van der Waals surface area (Å²) in [5.74, 6) is 0.962. The zero-order chi connectivity index (χ0) is 43.3. The zero-order valence-corrected chi connectivity index (χ0v) is 39.7. The lowest BCUT2D eigenvalue weighted by molar-refractivity contribution is -0.159. The van der Waals surface area contributed by atoms with Crippen LogP contribution in [0.4, 0.5) is 0 Å². The van der Waals surface area contributed by atoms with Gasteiger partial charge in [0.05, 0.1) is 11.9 Å².